The number of aromatic nitrogens is 2. The molecule has 0 atom stereocenters. The van der Waals surface area contributed by atoms with E-state index in [4.69, 9.17) is 4.74 Å². The molecule has 1 N–H and O–H groups in total. The number of carbonyl (C=O) groups is 1. The van der Waals surface area contributed by atoms with Crippen LogP contribution < -0.4 is 10.2 Å². The van der Waals surface area contributed by atoms with E-state index in [1.807, 2.05) is 29.2 Å². The van der Waals surface area contributed by atoms with Crippen LogP contribution in [0, 0.1) is 0 Å². The van der Waals surface area contributed by atoms with Gasteiger partial charge in [0.1, 0.15) is 0 Å². The molecule has 0 bridgehead atoms. The molecule has 3 aromatic rings. The van der Waals surface area contributed by atoms with E-state index >= 15 is 0 Å². The second-order valence-electron chi connectivity index (χ2n) is 8.21. The summed E-state index contributed by atoms with van der Waals surface area (Å²) in [5.41, 5.74) is 2.86. The molecular weight excluding hydrogens is 454 g/mol. The monoisotopic (exact) mass is 479 g/mol. The highest BCUT2D eigenvalue weighted by Gasteiger charge is 2.28. The number of rotatable bonds is 5. The van der Waals surface area contributed by atoms with E-state index in [0.29, 0.717) is 44.4 Å². The number of fused-ring (bicyclic) bond motifs is 1. The van der Waals surface area contributed by atoms with Crippen molar-refractivity contribution in [2.45, 2.75) is 17.9 Å². The van der Waals surface area contributed by atoms with Crippen molar-refractivity contribution in [1.82, 2.24) is 14.3 Å². The lowest BCUT2D eigenvalue weighted by Gasteiger charge is -2.28. The maximum absolute atomic E-state index is 13.3. The van der Waals surface area contributed by atoms with Crippen molar-refractivity contribution in [2.75, 3.05) is 43.1 Å². The summed E-state index contributed by atoms with van der Waals surface area (Å²) >= 11 is 0. The van der Waals surface area contributed by atoms with E-state index < -0.39 is 15.9 Å². The molecule has 1 aromatic heterocycles. The number of nitrogens with one attached hydrogen (secondary N) is 1. The third-order valence-electron chi connectivity index (χ3n) is 6.02. The molecule has 1 fully saturated rings. The molecule has 176 valence electrons. The van der Waals surface area contributed by atoms with Crippen LogP contribution in [0.3, 0.4) is 0 Å². The van der Waals surface area contributed by atoms with E-state index in [0.717, 1.165) is 18.7 Å². The van der Waals surface area contributed by atoms with Gasteiger partial charge in [0.05, 0.1) is 36.2 Å². The second kappa shape index (κ2) is 9.49. The summed E-state index contributed by atoms with van der Waals surface area (Å²) in [4.78, 5) is 23.6. The van der Waals surface area contributed by atoms with Gasteiger partial charge >= 0.3 is 0 Å². The van der Waals surface area contributed by atoms with E-state index in [-0.39, 0.29) is 10.5 Å². The molecule has 2 aliphatic heterocycles. The average Bonchev–Trinajstić information content (AvgIpc) is 2.89. The average molecular weight is 480 g/mol. The van der Waals surface area contributed by atoms with Crippen molar-refractivity contribution in [2.24, 2.45) is 0 Å². The van der Waals surface area contributed by atoms with Crippen LogP contribution in [0.5, 0.6) is 0 Å². The number of nitrogens with zero attached hydrogens (tertiary/aromatic N) is 4. The summed E-state index contributed by atoms with van der Waals surface area (Å²) in [5.74, 6) is 0.154. The van der Waals surface area contributed by atoms with Crippen molar-refractivity contribution in [3.63, 3.8) is 0 Å². The first-order valence-electron chi connectivity index (χ1n) is 11.1. The van der Waals surface area contributed by atoms with Crippen molar-refractivity contribution in [1.29, 1.82) is 0 Å². The van der Waals surface area contributed by atoms with Gasteiger partial charge in [0.2, 0.25) is 16.0 Å². The molecule has 2 aliphatic rings. The molecule has 34 heavy (non-hydrogen) atoms. The molecule has 2 aromatic carbocycles. The minimum Gasteiger partial charge on any atom is -0.378 e. The Bertz CT molecular complexity index is 1290. The molecule has 1 saturated heterocycles. The van der Waals surface area contributed by atoms with Gasteiger partial charge in [-0.05, 0) is 35.7 Å². The van der Waals surface area contributed by atoms with Crippen LogP contribution in [0.25, 0.3) is 0 Å². The summed E-state index contributed by atoms with van der Waals surface area (Å²) in [5, 5.41) is 2.74. The fourth-order valence-corrected chi connectivity index (χ4v) is 5.60. The smallest absolute Gasteiger partial charge is 0.255 e. The molecule has 3 heterocycles. The summed E-state index contributed by atoms with van der Waals surface area (Å²) in [6.45, 7) is 3.42. The highest BCUT2D eigenvalue weighted by atomic mass is 32.2. The molecule has 0 unspecified atom stereocenters. The lowest BCUT2D eigenvalue weighted by atomic mass is 10.0. The van der Waals surface area contributed by atoms with Gasteiger partial charge in [-0.15, -0.1) is 0 Å². The molecule has 0 aliphatic carbocycles. The van der Waals surface area contributed by atoms with Crippen LogP contribution in [0.15, 0.2) is 65.8 Å². The lowest BCUT2D eigenvalue weighted by molar-refractivity contribution is 0.102. The van der Waals surface area contributed by atoms with Gasteiger partial charge in [0, 0.05) is 31.7 Å². The van der Waals surface area contributed by atoms with Crippen LogP contribution in [0.4, 0.5) is 11.6 Å². The predicted octanol–water partition coefficient (Wildman–Crippen LogP) is 2.31. The van der Waals surface area contributed by atoms with Crippen molar-refractivity contribution < 1.29 is 17.9 Å². The van der Waals surface area contributed by atoms with Gasteiger partial charge < -0.3 is 15.0 Å². The molecule has 0 radical (unpaired) electrons. The lowest BCUT2D eigenvalue weighted by Crippen LogP contribution is -2.37. The number of morpholine rings is 1. The first kappa shape index (κ1) is 22.5. The van der Waals surface area contributed by atoms with Crippen molar-refractivity contribution in [3.8, 4) is 0 Å². The quantitative estimate of drug-likeness (QED) is 0.599. The number of ether oxygens (including phenoxy) is 1. The Balaban J connectivity index is 1.29. The number of hydrogen-bond acceptors (Lipinski definition) is 7. The van der Waals surface area contributed by atoms with Gasteiger partial charge in [-0.1, -0.05) is 30.3 Å². The molecule has 0 saturated carbocycles. The van der Waals surface area contributed by atoms with Gasteiger partial charge in [0.15, 0.2) is 0 Å². The number of amides is 1. The zero-order valence-electron chi connectivity index (χ0n) is 18.6. The zero-order valence-corrected chi connectivity index (χ0v) is 19.4. The standard InChI is InChI=1S/C24H25N5O4S/c30-23(27-21-15-25-24(26-16-21)28-10-12-33-13-11-28)19-6-3-7-22(14-19)34(31,32)29-9-8-18-4-1-2-5-20(18)17-29/h1-7,14-16H,8-13,17H2,(H,27,30). The topological polar surface area (TPSA) is 105 Å². The summed E-state index contributed by atoms with van der Waals surface area (Å²) in [7, 11) is -3.74. The van der Waals surface area contributed by atoms with Crippen LogP contribution in [-0.2, 0) is 27.7 Å². The van der Waals surface area contributed by atoms with Gasteiger partial charge in [-0.25, -0.2) is 18.4 Å². The first-order chi connectivity index (χ1) is 16.5. The fraction of sp³-hybridized carbons (Fsp3) is 0.292. The van der Waals surface area contributed by atoms with Crippen LogP contribution >= 0.6 is 0 Å². The normalized spacial score (nSPS) is 16.6. The first-order valence-corrected chi connectivity index (χ1v) is 12.6. The maximum Gasteiger partial charge on any atom is 0.255 e. The fourth-order valence-electron chi connectivity index (χ4n) is 4.14. The van der Waals surface area contributed by atoms with Crippen molar-refractivity contribution >= 4 is 27.6 Å². The Morgan fingerprint density at radius 2 is 1.68 bits per heavy atom. The highest BCUT2D eigenvalue weighted by molar-refractivity contribution is 7.89. The number of carbonyl (C=O) groups excluding carboxylic acids is 1. The van der Waals surface area contributed by atoms with Crippen LogP contribution in [0.2, 0.25) is 0 Å². The Kier molecular flexibility index (Phi) is 6.27. The van der Waals surface area contributed by atoms with Crippen LogP contribution in [0.1, 0.15) is 21.5 Å². The molecule has 10 heteroatoms. The molecule has 5 rings (SSSR count). The maximum atomic E-state index is 13.3. The predicted molar refractivity (Wildman–Crippen MR) is 127 cm³/mol. The number of anilines is 2. The summed E-state index contributed by atoms with van der Waals surface area (Å²) in [6.07, 6.45) is 3.75. The minimum absolute atomic E-state index is 0.0958. The molecular formula is C24H25N5O4S. The Morgan fingerprint density at radius 3 is 2.44 bits per heavy atom. The van der Waals surface area contributed by atoms with Gasteiger partial charge in [-0.2, -0.15) is 4.31 Å². The van der Waals surface area contributed by atoms with Gasteiger partial charge in [0.25, 0.3) is 5.91 Å². The van der Waals surface area contributed by atoms with E-state index in [1.165, 1.54) is 22.0 Å². The van der Waals surface area contributed by atoms with Crippen molar-refractivity contribution in [3.05, 3.63) is 77.6 Å². The van der Waals surface area contributed by atoms with E-state index in [1.54, 1.807) is 24.5 Å². The second-order valence-corrected chi connectivity index (χ2v) is 10.1. The Labute approximate surface area is 198 Å². The molecule has 9 nitrogen and oxygen atoms in total. The van der Waals surface area contributed by atoms with Gasteiger partial charge in [-0.3, -0.25) is 4.79 Å². The van der Waals surface area contributed by atoms with E-state index in [2.05, 4.69) is 15.3 Å². The van der Waals surface area contributed by atoms with E-state index in [9.17, 15) is 13.2 Å². The number of sulfonamides is 1. The molecule has 1 amide bonds. The SMILES string of the molecule is O=C(Nc1cnc(N2CCOCC2)nc1)c1cccc(S(=O)(=O)N2CCc3ccccc3C2)c1. The summed E-state index contributed by atoms with van der Waals surface area (Å²) in [6, 6.07) is 14.0. The minimum atomic E-state index is -3.74. The third kappa shape index (κ3) is 4.65. The van der Waals surface area contributed by atoms with Crippen LogP contribution in [-0.4, -0.2) is 61.4 Å². The Hall–Kier alpha value is -3.34. The summed E-state index contributed by atoms with van der Waals surface area (Å²) < 4.78 is 33.4. The number of hydrogen-bond donors (Lipinski definition) is 1. The third-order valence-corrected chi connectivity index (χ3v) is 7.86. The Morgan fingerprint density at radius 1 is 0.941 bits per heavy atom. The highest BCUT2D eigenvalue weighted by Crippen LogP contribution is 2.25. The number of benzene rings is 2. The largest absolute Gasteiger partial charge is 0.378 e. The zero-order chi connectivity index (χ0) is 23.5. The molecule has 0 spiro atoms.